The summed E-state index contributed by atoms with van der Waals surface area (Å²) in [5.74, 6) is 4.30. The van der Waals surface area contributed by atoms with Crippen molar-refractivity contribution in [3.05, 3.63) is 30.1 Å². The number of hydrogen-bond donors (Lipinski definition) is 1. The summed E-state index contributed by atoms with van der Waals surface area (Å²) in [5, 5.41) is 11.3. The zero-order valence-electron chi connectivity index (χ0n) is 8.19. The summed E-state index contributed by atoms with van der Waals surface area (Å²) in [7, 11) is 0. The maximum atomic E-state index is 11.1. The molecule has 1 atom stereocenters. The molecule has 0 spiro atoms. The molecule has 4 heteroatoms. The van der Waals surface area contributed by atoms with Crippen LogP contribution >= 0.6 is 0 Å². The predicted molar refractivity (Wildman–Crippen MR) is 54.2 cm³/mol. The van der Waals surface area contributed by atoms with E-state index in [0.29, 0.717) is 5.56 Å². The Kier molecular flexibility index (Phi) is 3.88. The van der Waals surface area contributed by atoms with Crippen LogP contribution in [0.25, 0.3) is 0 Å². The predicted octanol–water partition coefficient (Wildman–Crippen LogP) is 0.786. The fourth-order valence-electron chi connectivity index (χ4n) is 1.02. The molecule has 4 nitrogen and oxygen atoms in total. The number of nitriles is 1. The van der Waals surface area contributed by atoms with Crippen molar-refractivity contribution in [1.82, 2.24) is 10.3 Å². The first-order chi connectivity index (χ1) is 7.27. The van der Waals surface area contributed by atoms with Gasteiger partial charge in [0.1, 0.15) is 6.04 Å². The fourth-order valence-corrected chi connectivity index (χ4v) is 1.02. The first kappa shape index (κ1) is 10.7. The molecule has 1 heterocycles. The minimum atomic E-state index is -0.702. The molecule has 0 aromatic carbocycles. The van der Waals surface area contributed by atoms with Crippen LogP contribution in [-0.2, 0) is 4.79 Å². The van der Waals surface area contributed by atoms with Crippen molar-refractivity contribution >= 4 is 5.91 Å². The van der Waals surface area contributed by atoms with Crippen LogP contribution in [0.5, 0.6) is 0 Å². The van der Waals surface area contributed by atoms with Gasteiger partial charge in [0.05, 0.1) is 6.07 Å². The lowest BCUT2D eigenvalue weighted by atomic mass is 10.1. The normalized spacial score (nSPS) is 10.4. The number of amides is 1. The largest absolute Gasteiger partial charge is 0.326 e. The molecule has 0 radical (unpaired) electrons. The molecule has 1 aromatic rings. The van der Waals surface area contributed by atoms with Gasteiger partial charge in [0.25, 0.3) is 5.91 Å². The molecular weight excluding hydrogens is 190 g/mol. The van der Waals surface area contributed by atoms with Crippen LogP contribution < -0.4 is 5.32 Å². The molecule has 1 aromatic heterocycles. The Morgan fingerprint density at radius 3 is 3.00 bits per heavy atom. The Morgan fingerprint density at radius 2 is 2.47 bits per heavy atom. The van der Waals surface area contributed by atoms with E-state index in [1.807, 2.05) is 6.07 Å². The van der Waals surface area contributed by atoms with E-state index in [4.69, 9.17) is 5.26 Å². The Morgan fingerprint density at radius 1 is 1.67 bits per heavy atom. The van der Waals surface area contributed by atoms with Crippen LogP contribution in [0.1, 0.15) is 18.5 Å². The minimum absolute atomic E-state index is 0.465. The fraction of sp³-hybridized carbons (Fsp3) is 0.182. The number of nitrogens with one attached hydrogen (secondary N) is 1. The summed E-state index contributed by atoms with van der Waals surface area (Å²) in [6, 6.07) is 4.69. The number of hydrogen-bond acceptors (Lipinski definition) is 3. The Hall–Kier alpha value is -2.33. The molecule has 0 bridgehead atoms. The van der Waals surface area contributed by atoms with Gasteiger partial charge in [-0.2, -0.15) is 5.26 Å². The molecule has 1 unspecified atom stereocenters. The first-order valence-corrected chi connectivity index (χ1v) is 4.30. The van der Waals surface area contributed by atoms with Gasteiger partial charge >= 0.3 is 0 Å². The van der Waals surface area contributed by atoms with E-state index in [-0.39, 0.29) is 0 Å². The smallest absolute Gasteiger partial charge is 0.297 e. The molecule has 0 aliphatic carbocycles. The lowest BCUT2D eigenvalue weighted by Crippen LogP contribution is -2.26. The van der Waals surface area contributed by atoms with Gasteiger partial charge in [-0.25, -0.2) is 0 Å². The van der Waals surface area contributed by atoms with Crippen molar-refractivity contribution in [2.45, 2.75) is 13.0 Å². The summed E-state index contributed by atoms with van der Waals surface area (Å²) < 4.78 is 0. The van der Waals surface area contributed by atoms with Gasteiger partial charge in [-0.1, -0.05) is 12.0 Å². The molecule has 74 valence electrons. The molecule has 0 aliphatic rings. The number of aromatic nitrogens is 1. The van der Waals surface area contributed by atoms with Crippen molar-refractivity contribution in [3.63, 3.8) is 0 Å². The Balaban J connectivity index is 2.78. The summed E-state index contributed by atoms with van der Waals surface area (Å²) in [5.41, 5.74) is 0.645. The maximum absolute atomic E-state index is 11.1. The molecule has 1 rings (SSSR count). The molecule has 15 heavy (non-hydrogen) atoms. The lowest BCUT2D eigenvalue weighted by molar-refractivity contribution is -0.116. The third-order valence-electron chi connectivity index (χ3n) is 1.66. The minimum Gasteiger partial charge on any atom is -0.326 e. The quantitative estimate of drug-likeness (QED) is 0.716. The molecular formula is C11H9N3O. The van der Waals surface area contributed by atoms with E-state index < -0.39 is 11.9 Å². The zero-order valence-corrected chi connectivity index (χ0v) is 8.19. The van der Waals surface area contributed by atoms with Crippen LogP contribution in [0.15, 0.2) is 24.5 Å². The van der Waals surface area contributed by atoms with Gasteiger partial charge < -0.3 is 5.32 Å². The van der Waals surface area contributed by atoms with Gasteiger partial charge in [0, 0.05) is 18.0 Å². The van der Waals surface area contributed by atoms with E-state index in [1.165, 1.54) is 6.20 Å². The van der Waals surface area contributed by atoms with Gasteiger partial charge in [-0.05, 0) is 18.9 Å². The van der Waals surface area contributed by atoms with Crippen molar-refractivity contribution in [1.29, 1.82) is 5.26 Å². The summed E-state index contributed by atoms with van der Waals surface area (Å²) >= 11 is 0. The monoisotopic (exact) mass is 199 g/mol. The standard InChI is InChI=1S/C11H9N3O/c1-2-4-11(15)14-10(7-12)9-5-3-6-13-8-9/h3,5-6,8,10H,1H3,(H,14,15). The van der Waals surface area contributed by atoms with Gasteiger partial charge in [0.15, 0.2) is 0 Å². The highest BCUT2D eigenvalue weighted by atomic mass is 16.1. The van der Waals surface area contributed by atoms with E-state index in [2.05, 4.69) is 22.1 Å². The zero-order chi connectivity index (χ0) is 11.1. The number of rotatable bonds is 2. The third kappa shape index (κ3) is 3.13. The van der Waals surface area contributed by atoms with Gasteiger partial charge in [-0.15, -0.1) is 0 Å². The molecule has 0 aliphatic heterocycles. The van der Waals surface area contributed by atoms with E-state index >= 15 is 0 Å². The van der Waals surface area contributed by atoms with Crippen molar-refractivity contribution in [3.8, 4) is 17.9 Å². The van der Waals surface area contributed by atoms with Crippen molar-refractivity contribution in [2.75, 3.05) is 0 Å². The highest BCUT2D eigenvalue weighted by Gasteiger charge is 2.11. The van der Waals surface area contributed by atoms with Gasteiger partial charge in [-0.3, -0.25) is 9.78 Å². The average Bonchev–Trinajstić information content (AvgIpc) is 2.27. The lowest BCUT2D eigenvalue weighted by Gasteiger charge is -2.08. The highest BCUT2D eigenvalue weighted by molar-refractivity contribution is 5.93. The molecule has 1 N–H and O–H groups in total. The molecule has 1 amide bonds. The van der Waals surface area contributed by atoms with E-state index in [1.54, 1.807) is 25.3 Å². The van der Waals surface area contributed by atoms with E-state index in [0.717, 1.165) is 0 Å². The highest BCUT2D eigenvalue weighted by Crippen LogP contribution is 2.08. The number of nitrogens with zero attached hydrogens (tertiary/aromatic N) is 2. The second-order valence-electron chi connectivity index (χ2n) is 2.70. The third-order valence-corrected chi connectivity index (χ3v) is 1.66. The molecule has 0 saturated heterocycles. The van der Waals surface area contributed by atoms with Crippen LogP contribution in [0, 0.1) is 23.2 Å². The van der Waals surface area contributed by atoms with Crippen LogP contribution in [-0.4, -0.2) is 10.9 Å². The van der Waals surface area contributed by atoms with Crippen LogP contribution in [0.4, 0.5) is 0 Å². The first-order valence-electron chi connectivity index (χ1n) is 4.30. The summed E-state index contributed by atoms with van der Waals surface area (Å²) in [6.45, 7) is 1.56. The number of carbonyl (C=O) groups is 1. The van der Waals surface area contributed by atoms with Gasteiger partial charge in [0.2, 0.25) is 0 Å². The van der Waals surface area contributed by atoms with Crippen LogP contribution in [0.3, 0.4) is 0 Å². The Labute approximate surface area is 87.9 Å². The van der Waals surface area contributed by atoms with Crippen molar-refractivity contribution < 1.29 is 4.79 Å². The second-order valence-corrected chi connectivity index (χ2v) is 2.70. The molecule has 0 fully saturated rings. The number of carbonyl (C=O) groups excluding carboxylic acids is 1. The SMILES string of the molecule is CC#CC(=O)NC(C#N)c1cccnc1. The maximum Gasteiger partial charge on any atom is 0.297 e. The van der Waals surface area contributed by atoms with Crippen molar-refractivity contribution in [2.24, 2.45) is 0 Å². The van der Waals surface area contributed by atoms with Crippen LogP contribution in [0.2, 0.25) is 0 Å². The van der Waals surface area contributed by atoms with E-state index in [9.17, 15) is 4.79 Å². The topological polar surface area (TPSA) is 65.8 Å². The second kappa shape index (κ2) is 5.41. The average molecular weight is 199 g/mol. The summed E-state index contributed by atoms with van der Waals surface area (Å²) in [6.07, 6.45) is 3.14. The number of pyridine rings is 1. The summed E-state index contributed by atoms with van der Waals surface area (Å²) in [4.78, 5) is 15.0. The molecule has 0 saturated carbocycles. The Bertz CT molecular complexity index is 436.